The fourth-order valence-electron chi connectivity index (χ4n) is 4.01. The Morgan fingerprint density at radius 1 is 1.14 bits per heavy atom. The van der Waals surface area contributed by atoms with Crippen molar-refractivity contribution >= 4 is 0 Å². The van der Waals surface area contributed by atoms with Crippen LogP contribution in [-0.4, -0.2) is 0 Å². The zero-order valence-electron chi connectivity index (χ0n) is 13.6. The van der Waals surface area contributed by atoms with Crippen LogP contribution in [-0.2, 0) is 0 Å². The normalized spacial score (nSPS) is 24.5. The smallest absolute Gasteiger partial charge is 0.0488 e. The number of benzene rings is 1. The highest BCUT2D eigenvalue weighted by atomic mass is 15.2. The summed E-state index contributed by atoms with van der Waals surface area (Å²) in [4.78, 5) is 0. The number of hydrogen-bond donors (Lipinski definition) is 2. The Morgan fingerprint density at radius 2 is 1.86 bits per heavy atom. The maximum absolute atomic E-state index is 5.93. The summed E-state index contributed by atoms with van der Waals surface area (Å²) in [5, 5.41) is 0. The van der Waals surface area contributed by atoms with Crippen molar-refractivity contribution in [3.8, 4) is 0 Å². The van der Waals surface area contributed by atoms with Crippen molar-refractivity contribution in [1.29, 1.82) is 0 Å². The average molecular weight is 286 g/mol. The molecule has 21 heavy (non-hydrogen) atoms. The largest absolute Gasteiger partial charge is 0.271 e. The first-order valence-electron chi connectivity index (χ1n) is 8.65. The number of nitrogens with one attached hydrogen (secondary N) is 1. The second-order valence-electron chi connectivity index (χ2n) is 7.94. The Morgan fingerprint density at radius 3 is 2.43 bits per heavy atom. The van der Waals surface area contributed by atoms with Crippen molar-refractivity contribution in [3.63, 3.8) is 0 Å². The third-order valence-electron chi connectivity index (χ3n) is 5.88. The minimum Gasteiger partial charge on any atom is -0.271 e. The molecule has 0 radical (unpaired) electrons. The highest BCUT2D eigenvalue weighted by Gasteiger charge is 2.32. The van der Waals surface area contributed by atoms with Crippen LogP contribution in [0.3, 0.4) is 0 Å². The Bertz CT molecular complexity index is 466. The number of rotatable bonds is 4. The fourth-order valence-corrected chi connectivity index (χ4v) is 4.01. The molecule has 0 saturated heterocycles. The highest BCUT2D eigenvalue weighted by molar-refractivity contribution is 5.30. The third-order valence-corrected chi connectivity index (χ3v) is 5.88. The number of hydrazine groups is 1. The first kappa shape index (κ1) is 15.1. The molecule has 0 aliphatic heterocycles. The summed E-state index contributed by atoms with van der Waals surface area (Å²) < 4.78 is 0. The quantitative estimate of drug-likeness (QED) is 0.623. The first-order valence-corrected chi connectivity index (χ1v) is 8.65. The van der Waals surface area contributed by atoms with Gasteiger partial charge in [-0.2, -0.15) is 0 Å². The van der Waals surface area contributed by atoms with Crippen molar-refractivity contribution in [2.24, 2.45) is 17.2 Å². The lowest BCUT2D eigenvalue weighted by Crippen LogP contribution is -2.36. The van der Waals surface area contributed by atoms with Gasteiger partial charge in [-0.05, 0) is 66.9 Å². The van der Waals surface area contributed by atoms with Gasteiger partial charge in [0.2, 0.25) is 0 Å². The van der Waals surface area contributed by atoms with Gasteiger partial charge in [-0.3, -0.25) is 11.3 Å². The molecule has 2 aliphatic carbocycles. The molecule has 1 aromatic carbocycles. The van der Waals surface area contributed by atoms with E-state index < -0.39 is 0 Å². The lowest BCUT2D eigenvalue weighted by molar-refractivity contribution is 0.161. The molecular weight excluding hydrogens is 256 g/mol. The Kier molecular flexibility index (Phi) is 4.37. The van der Waals surface area contributed by atoms with Gasteiger partial charge in [-0.25, -0.2) is 0 Å². The number of hydrogen-bond acceptors (Lipinski definition) is 2. The molecule has 3 N–H and O–H groups in total. The molecule has 0 aromatic heterocycles. The fraction of sp³-hybridized carbons (Fsp3) is 0.684. The van der Waals surface area contributed by atoms with Crippen molar-refractivity contribution < 1.29 is 0 Å². The Hall–Kier alpha value is -0.860. The lowest BCUT2D eigenvalue weighted by atomic mass is 9.70. The zero-order chi connectivity index (χ0) is 14.9. The van der Waals surface area contributed by atoms with Crippen LogP contribution in [0.1, 0.15) is 81.9 Å². The molecule has 2 aliphatic rings. The van der Waals surface area contributed by atoms with E-state index in [1.54, 1.807) is 0 Å². The van der Waals surface area contributed by atoms with E-state index in [-0.39, 0.29) is 0 Å². The molecular formula is C19H30N2. The summed E-state index contributed by atoms with van der Waals surface area (Å²) >= 11 is 0. The van der Waals surface area contributed by atoms with Crippen molar-refractivity contribution in [2.45, 2.75) is 70.8 Å². The van der Waals surface area contributed by atoms with Crippen LogP contribution < -0.4 is 11.3 Å². The van der Waals surface area contributed by atoms with E-state index >= 15 is 0 Å². The first-order chi connectivity index (χ1) is 10.1. The summed E-state index contributed by atoms with van der Waals surface area (Å²) in [5.74, 6) is 7.41. The van der Waals surface area contributed by atoms with Gasteiger partial charge in [0.1, 0.15) is 0 Å². The third kappa shape index (κ3) is 3.32. The van der Waals surface area contributed by atoms with Gasteiger partial charge in [0.25, 0.3) is 0 Å². The average Bonchev–Trinajstić information content (AvgIpc) is 2.40. The van der Waals surface area contributed by atoms with Crippen LogP contribution in [0.25, 0.3) is 0 Å². The van der Waals surface area contributed by atoms with Crippen molar-refractivity contribution in [2.75, 3.05) is 0 Å². The molecule has 1 unspecified atom stereocenters. The van der Waals surface area contributed by atoms with Crippen molar-refractivity contribution in [3.05, 3.63) is 35.4 Å². The van der Waals surface area contributed by atoms with Gasteiger partial charge in [-0.15, -0.1) is 0 Å². The second-order valence-corrected chi connectivity index (χ2v) is 7.94. The zero-order valence-corrected chi connectivity index (χ0v) is 13.6. The van der Waals surface area contributed by atoms with E-state index in [1.165, 1.54) is 56.1 Å². The van der Waals surface area contributed by atoms with Gasteiger partial charge in [0, 0.05) is 6.04 Å². The van der Waals surface area contributed by atoms with Gasteiger partial charge >= 0.3 is 0 Å². The van der Waals surface area contributed by atoms with Gasteiger partial charge in [0.15, 0.2) is 0 Å². The molecule has 116 valence electrons. The molecule has 2 saturated carbocycles. The standard InChI is InChI=1S/C19H30N2/c1-19(2)11-9-15(10-12-19)18(21-20)17-8-4-7-16(13-17)14-5-3-6-14/h4,7-8,13-15,18,21H,3,5-6,9-12,20H2,1-2H3. The molecule has 3 rings (SSSR count). The minimum absolute atomic E-state index is 0.320. The molecule has 0 amide bonds. The summed E-state index contributed by atoms with van der Waals surface area (Å²) in [6, 6.07) is 9.51. The molecule has 1 aromatic rings. The summed E-state index contributed by atoms with van der Waals surface area (Å²) in [5.41, 5.74) is 6.55. The second kappa shape index (κ2) is 6.10. The van der Waals surface area contributed by atoms with E-state index in [4.69, 9.17) is 5.84 Å². The van der Waals surface area contributed by atoms with Crippen molar-refractivity contribution in [1.82, 2.24) is 5.43 Å². The minimum atomic E-state index is 0.320. The van der Waals surface area contributed by atoms with Gasteiger partial charge < -0.3 is 0 Å². The molecule has 0 spiro atoms. The lowest BCUT2D eigenvalue weighted by Gasteiger charge is -2.38. The molecule has 0 bridgehead atoms. The van der Waals surface area contributed by atoms with E-state index in [2.05, 4.69) is 43.5 Å². The molecule has 0 heterocycles. The highest BCUT2D eigenvalue weighted by Crippen LogP contribution is 2.43. The van der Waals surface area contributed by atoms with Crippen LogP contribution in [0, 0.1) is 11.3 Å². The molecule has 1 atom stereocenters. The Labute approximate surface area is 129 Å². The van der Waals surface area contributed by atoms with E-state index in [0.717, 1.165) is 5.92 Å². The predicted molar refractivity (Wildman–Crippen MR) is 88.8 cm³/mol. The molecule has 2 fully saturated rings. The predicted octanol–water partition coefficient (Wildman–Crippen LogP) is 4.67. The van der Waals surface area contributed by atoms with E-state index in [1.807, 2.05) is 0 Å². The van der Waals surface area contributed by atoms with E-state index in [0.29, 0.717) is 17.4 Å². The van der Waals surface area contributed by atoms with E-state index in [9.17, 15) is 0 Å². The van der Waals surface area contributed by atoms with Gasteiger partial charge in [0.05, 0.1) is 0 Å². The van der Waals surface area contributed by atoms with Crippen LogP contribution in [0.2, 0.25) is 0 Å². The summed E-state index contributed by atoms with van der Waals surface area (Å²) in [6.07, 6.45) is 9.33. The number of nitrogens with two attached hydrogens (primary N) is 1. The maximum Gasteiger partial charge on any atom is 0.0488 e. The van der Waals surface area contributed by atoms with Crippen LogP contribution in [0.4, 0.5) is 0 Å². The SMILES string of the molecule is CC1(C)CCC(C(NN)c2cccc(C3CCC3)c2)CC1. The molecule has 2 heteroatoms. The van der Waals surface area contributed by atoms with Crippen LogP contribution in [0.15, 0.2) is 24.3 Å². The monoisotopic (exact) mass is 286 g/mol. The van der Waals surface area contributed by atoms with Crippen LogP contribution >= 0.6 is 0 Å². The Balaban J connectivity index is 1.73. The maximum atomic E-state index is 5.93. The van der Waals surface area contributed by atoms with Crippen LogP contribution in [0.5, 0.6) is 0 Å². The topological polar surface area (TPSA) is 38.0 Å². The summed E-state index contributed by atoms with van der Waals surface area (Å²) in [7, 11) is 0. The van der Waals surface area contributed by atoms with Gasteiger partial charge in [-0.1, -0.05) is 44.5 Å². The summed E-state index contributed by atoms with van der Waals surface area (Å²) in [6.45, 7) is 4.79. The molecule has 2 nitrogen and oxygen atoms in total.